The summed E-state index contributed by atoms with van der Waals surface area (Å²) in [5.74, 6) is -0.521. The molecule has 0 heterocycles. The van der Waals surface area contributed by atoms with Gasteiger partial charge in [-0.1, -0.05) is 23.3 Å². The first-order valence-electron chi connectivity index (χ1n) is 8.05. The van der Waals surface area contributed by atoms with Crippen molar-refractivity contribution in [3.8, 4) is 0 Å². The highest BCUT2D eigenvalue weighted by Gasteiger charge is 2.01. The standard InChI is InChI=1S/C19H30O4/c1-15(2)8-6-10-19(14-23-18(5)21)11-7-9-16(3)12-13-22-17(4)20/h8,11-12H,6-7,9-10,13-14H2,1-5H3. The van der Waals surface area contributed by atoms with Crippen molar-refractivity contribution < 1.29 is 19.1 Å². The normalized spacial score (nSPS) is 11.9. The van der Waals surface area contributed by atoms with Gasteiger partial charge in [-0.05, 0) is 58.1 Å². The molecule has 0 atom stereocenters. The summed E-state index contributed by atoms with van der Waals surface area (Å²) in [6, 6.07) is 0. The molecule has 0 bridgehead atoms. The van der Waals surface area contributed by atoms with Gasteiger partial charge in [-0.25, -0.2) is 0 Å². The largest absolute Gasteiger partial charge is 0.462 e. The first-order chi connectivity index (χ1) is 10.8. The van der Waals surface area contributed by atoms with Crippen molar-refractivity contribution in [3.63, 3.8) is 0 Å². The van der Waals surface area contributed by atoms with E-state index < -0.39 is 0 Å². The number of rotatable bonds is 10. The van der Waals surface area contributed by atoms with Gasteiger partial charge < -0.3 is 9.47 Å². The van der Waals surface area contributed by atoms with Crippen molar-refractivity contribution in [1.82, 2.24) is 0 Å². The molecule has 130 valence electrons. The van der Waals surface area contributed by atoms with E-state index in [4.69, 9.17) is 9.47 Å². The highest BCUT2D eigenvalue weighted by molar-refractivity contribution is 5.66. The number of carbonyl (C=O) groups excluding carboxylic acids is 2. The van der Waals surface area contributed by atoms with Gasteiger partial charge in [0.15, 0.2) is 0 Å². The Morgan fingerprint density at radius 2 is 1.39 bits per heavy atom. The van der Waals surface area contributed by atoms with Gasteiger partial charge in [0.1, 0.15) is 13.2 Å². The summed E-state index contributed by atoms with van der Waals surface area (Å²) in [6.45, 7) is 9.69. The van der Waals surface area contributed by atoms with E-state index in [9.17, 15) is 9.59 Å². The molecular weight excluding hydrogens is 292 g/mol. The third kappa shape index (κ3) is 14.8. The lowest BCUT2D eigenvalue weighted by atomic mass is 10.1. The minimum Gasteiger partial charge on any atom is -0.462 e. The topological polar surface area (TPSA) is 52.6 Å². The highest BCUT2D eigenvalue weighted by atomic mass is 16.5. The summed E-state index contributed by atoms with van der Waals surface area (Å²) in [5, 5.41) is 0. The number of hydrogen-bond acceptors (Lipinski definition) is 4. The van der Waals surface area contributed by atoms with E-state index >= 15 is 0 Å². The Morgan fingerprint density at radius 3 is 1.96 bits per heavy atom. The lowest BCUT2D eigenvalue weighted by Crippen LogP contribution is -2.03. The summed E-state index contributed by atoms with van der Waals surface area (Å²) < 4.78 is 10.00. The van der Waals surface area contributed by atoms with Crippen LogP contribution >= 0.6 is 0 Å². The number of hydrogen-bond donors (Lipinski definition) is 0. The fourth-order valence-electron chi connectivity index (χ4n) is 1.88. The first-order valence-corrected chi connectivity index (χ1v) is 8.05. The fourth-order valence-corrected chi connectivity index (χ4v) is 1.88. The predicted molar refractivity (Wildman–Crippen MR) is 93.0 cm³/mol. The highest BCUT2D eigenvalue weighted by Crippen LogP contribution is 2.12. The predicted octanol–water partition coefficient (Wildman–Crippen LogP) is 4.51. The average molecular weight is 322 g/mol. The molecule has 0 spiro atoms. The Labute approximate surface area is 140 Å². The zero-order valence-electron chi connectivity index (χ0n) is 15.1. The maximum atomic E-state index is 11.0. The van der Waals surface area contributed by atoms with E-state index in [2.05, 4.69) is 26.0 Å². The maximum Gasteiger partial charge on any atom is 0.302 e. The van der Waals surface area contributed by atoms with Gasteiger partial charge >= 0.3 is 11.9 Å². The third-order valence-corrected chi connectivity index (χ3v) is 3.17. The SMILES string of the molecule is CC(=O)OCC=C(C)CCC=C(CCC=C(C)C)COC(C)=O. The number of allylic oxidation sites excluding steroid dienone is 4. The molecule has 0 radical (unpaired) electrons. The molecule has 0 aromatic rings. The van der Waals surface area contributed by atoms with Crippen molar-refractivity contribution in [2.45, 2.75) is 60.3 Å². The third-order valence-electron chi connectivity index (χ3n) is 3.17. The molecule has 0 aliphatic rings. The summed E-state index contributed by atoms with van der Waals surface area (Å²) >= 11 is 0. The molecule has 0 aliphatic carbocycles. The lowest BCUT2D eigenvalue weighted by molar-refractivity contribution is -0.140. The van der Waals surface area contributed by atoms with Crippen LogP contribution in [0.3, 0.4) is 0 Å². The van der Waals surface area contributed by atoms with Crippen LogP contribution in [0.4, 0.5) is 0 Å². The van der Waals surface area contributed by atoms with E-state index in [1.165, 1.54) is 25.0 Å². The van der Waals surface area contributed by atoms with Crippen LogP contribution in [0.25, 0.3) is 0 Å². The van der Waals surface area contributed by atoms with Gasteiger partial charge in [-0.3, -0.25) is 9.59 Å². The summed E-state index contributed by atoms with van der Waals surface area (Å²) in [6.07, 6.45) is 9.88. The Balaban J connectivity index is 4.39. The van der Waals surface area contributed by atoms with Gasteiger partial charge in [-0.2, -0.15) is 0 Å². The molecule has 0 aromatic heterocycles. The molecule has 0 unspecified atom stereocenters. The zero-order valence-corrected chi connectivity index (χ0v) is 15.1. The van der Waals surface area contributed by atoms with Crippen LogP contribution in [0.15, 0.2) is 34.9 Å². The maximum absolute atomic E-state index is 11.0. The molecule has 23 heavy (non-hydrogen) atoms. The molecular formula is C19H30O4. The van der Waals surface area contributed by atoms with Crippen LogP contribution in [0.5, 0.6) is 0 Å². The molecule has 0 fully saturated rings. The number of ether oxygens (including phenoxy) is 2. The minimum atomic E-state index is -0.267. The van der Waals surface area contributed by atoms with Crippen molar-refractivity contribution >= 4 is 11.9 Å². The van der Waals surface area contributed by atoms with Crippen LogP contribution in [-0.4, -0.2) is 25.2 Å². The lowest BCUT2D eigenvalue weighted by Gasteiger charge is -2.07. The Morgan fingerprint density at radius 1 is 0.783 bits per heavy atom. The number of carbonyl (C=O) groups is 2. The first kappa shape index (κ1) is 21.2. The summed E-state index contributed by atoms with van der Waals surface area (Å²) in [4.78, 5) is 21.7. The monoisotopic (exact) mass is 322 g/mol. The Kier molecular flexibility index (Phi) is 11.7. The van der Waals surface area contributed by atoms with E-state index in [0.717, 1.165) is 31.3 Å². The molecule has 0 aromatic carbocycles. The van der Waals surface area contributed by atoms with E-state index in [-0.39, 0.29) is 11.9 Å². The van der Waals surface area contributed by atoms with Crippen molar-refractivity contribution in [2.75, 3.05) is 13.2 Å². The second-order valence-electron chi connectivity index (χ2n) is 5.85. The fraction of sp³-hybridized carbons (Fsp3) is 0.579. The van der Waals surface area contributed by atoms with Gasteiger partial charge in [0.25, 0.3) is 0 Å². The molecule has 0 saturated heterocycles. The van der Waals surface area contributed by atoms with Gasteiger partial charge in [0.05, 0.1) is 0 Å². The molecule has 4 nitrogen and oxygen atoms in total. The van der Waals surface area contributed by atoms with Crippen molar-refractivity contribution in [1.29, 1.82) is 0 Å². The molecule has 0 rings (SSSR count). The van der Waals surface area contributed by atoms with Crippen LogP contribution in [0.1, 0.15) is 60.3 Å². The number of esters is 2. The second-order valence-corrected chi connectivity index (χ2v) is 5.85. The molecule has 4 heteroatoms. The quantitative estimate of drug-likeness (QED) is 0.438. The minimum absolute atomic E-state index is 0.254. The van der Waals surface area contributed by atoms with Crippen LogP contribution in [0.2, 0.25) is 0 Å². The van der Waals surface area contributed by atoms with Crippen LogP contribution in [-0.2, 0) is 19.1 Å². The van der Waals surface area contributed by atoms with Gasteiger partial charge in [0.2, 0.25) is 0 Å². The smallest absolute Gasteiger partial charge is 0.302 e. The Bertz CT molecular complexity index is 466. The van der Waals surface area contributed by atoms with Gasteiger partial charge in [-0.15, -0.1) is 0 Å². The second kappa shape index (κ2) is 12.7. The van der Waals surface area contributed by atoms with Crippen molar-refractivity contribution in [2.24, 2.45) is 0 Å². The molecule has 0 amide bonds. The molecule has 0 saturated carbocycles. The zero-order chi connectivity index (χ0) is 17.7. The van der Waals surface area contributed by atoms with Crippen molar-refractivity contribution in [3.05, 3.63) is 34.9 Å². The van der Waals surface area contributed by atoms with E-state index in [0.29, 0.717) is 13.2 Å². The Hall–Kier alpha value is -1.84. The molecule has 0 aliphatic heterocycles. The summed E-state index contributed by atoms with van der Waals surface area (Å²) in [7, 11) is 0. The van der Waals surface area contributed by atoms with E-state index in [1.54, 1.807) is 0 Å². The summed E-state index contributed by atoms with van der Waals surface area (Å²) in [5.41, 5.74) is 3.62. The molecule has 0 N–H and O–H groups in total. The van der Waals surface area contributed by atoms with Gasteiger partial charge in [0, 0.05) is 13.8 Å². The van der Waals surface area contributed by atoms with E-state index in [1.807, 2.05) is 13.0 Å². The van der Waals surface area contributed by atoms with Crippen LogP contribution in [0, 0.1) is 0 Å². The van der Waals surface area contributed by atoms with Crippen LogP contribution < -0.4 is 0 Å². The average Bonchev–Trinajstić information content (AvgIpc) is 2.43.